The summed E-state index contributed by atoms with van der Waals surface area (Å²) in [6.07, 6.45) is 8.89. The van der Waals surface area contributed by atoms with Crippen LogP contribution in [0, 0.1) is 39.9 Å². The van der Waals surface area contributed by atoms with E-state index >= 15 is 0 Å². The second-order valence-electron chi connectivity index (χ2n) is 14.1. The largest absolute Gasteiger partial charge is 0.496 e. The van der Waals surface area contributed by atoms with E-state index in [1.165, 1.54) is 13.2 Å². The van der Waals surface area contributed by atoms with Gasteiger partial charge in [-0.15, -0.1) is 0 Å². The first-order valence-electron chi connectivity index (χ1n) is 15.6. The molecule has 4 aliphatic rings. The Morgan fingerprint density at radius 3 is 2.21 bits per heavy atom. The molecule has 1 aromatic carbocycles. The summed E-state index contributed by atoms with van der Waals surface area (Å²) >= 11 is 0. The molecule has 0 saturated heterocycles. The molecule has 1 aromatic rings. The fraction of sp³-hybridized carbons (Fsp3) is 0.697. The predicted molar refractivity (Wildman–Crippen MR) is 156 cm³/mol. The number of nitrogens with zero attached hydrogens (tertiary/aromatic N) is 1. The van der Waals surface area contributed by atoms with Crippen LogP contribution in [-0.4, -0.2) is 48.2 Å². The highest BCUT2D eigenvalue weighted by molar-refractivity contribution is 5.98. The Balaban J connectivity index is 1.30. The van der Waals surface area contributed by atoms with Crippen molar-refractivity contribution in [1.82, 2.24) is 10.6 Å². The molecule has 0 unspecified atom stereocenters. The van der Waals surface area contributed by atoms with Gasteiger partial charge in [-0.3, -0.25) is 14.4 Å². The maximum Gasteiger partial charge on any atom is 0.309 e. The van der Waals surface area contributed by atoms with Crippen LogP contribution in [0.5, 0.6) is 11.5 Å². The van der Waals surface area contributed by atoms with E-state index in [1.54, 1.807) is 13.0 Å². The van der Waals surface area contributed by atoms with Gasteiger partial charge in [0.25, 0.3) is 5.91 Å². The summed E-state index contributed by atoms with van der Waals surface area (Å²) in [6.45, 7) is 6.32. The molecular formula is C33H45N3O6. The highest BCUT2D eigenvalue weighted by Gasteiger charge is 2.52. The maximum atomic E-state index is 13.8. The van der Waals surface area contributed by atoms with Crippen molar-refractivity contribution in [1.29, 1.82) is 5.26 Å². The zero-order valence-corrected chi connectivity index (χ0v) is 25.3. The molecule has 9 heteroatoms. The number of carbonyl (C=O) groups is 3. The molecule has 3 N–H and O–H groups in total. The minimum atomic E-state index is -0.808. The minimum absolute atomic E-state index is 0.0543. The molecule has 42 heavy (non-hydrogen) atoms. The summed E-state index contributed by atoms with van der Waals surface area (Å²) < 4.78 is 11.7. The van der Waals surface area contributed by atoms with Gasteiger partial charge >= 0.3 is 5.97 Å². The molecule has 5 rings (SSSR count). The van der Waals surface area contributed by atoms with Crippen molar-refractivity contribution in [3.63, 3.8) is 0 Å². The SMILES string of the molecule is COc1cc(C#N)c(O[C@H]2CC[C@@](C)(C(=O)O)CC2)cc1C(=O)N[C@@H]1[C@H]2CC[C@H](C2)[C@@H]1C(=O)NC1CCC(C)(C)CC1. The zero-order chi connectivity index (χ0) is 30.2. The van der Waals surface area contributed by atoms with Gasteiger partial charge in [-0.2, -0.15) is 5.26 Å². The van der Waals surface area contributed by atoms with E-state index in [9.17, 15) is 24.8 Å². The number of hydrogen-bond donors (Lipinski definition) is 3. The first-order chi connectivity index (χ1) is 19.9. The second kappa shape index (κ2) is 11.8. The number of hydrogen-bond acceptors (Lipinski definition) is 6. The van der Waals surface area contributed by atoms with E-state index < -0.39 is 11.4 Å². The summed E-state index contributed by atoms with van der Waals surface area (Å²) in [5, 5.41) is 25.9. The summed E-state index contributed by atoms with van der Waals surface area (Å²) in [4.78, 5) is 39.0. The first kappa shape index (κ1) is 30.2. The normalized spacial score (nSPS) is 32.0. The van der Waals surface area contributed by atoms with Gasteiger partial charge in [-0.05, 0) is 101 Å². The van der Waals surface area contributed by atoms with Crippen molar-refractivity contribution in [3.8, 4) is 17.6 Å². The Morgan fingerprint density at radius 2 is 1.60 bits per heavy atom. The highest BCUT2D eigenvalue weighted by Crippen LogP contribution is 2.49. The maximum absolute atomic E-state index is 13.8. The van der Waals surface area contributed by atoms with Gasteiger partial charge in [0.2, 0.25) is 5.91 Å². The van der Waals surface area contributed by atoms with E-state index in [0.717, 1.165) is 44.9 Å². The molecule has 9 nitrogen and oxygen atoms in total. The van der Waals surface area contributed by atoms with E-state index in [2.05, 4.69) is 30.6 Å². The van der Waals surface area contributed by atoms with Gasteiger partial charge in [-0.1, -0.05) is 13.8 Å². The standard InChI is InChI=1S/C33H45N3O6/c1-32(2)11-7-22(8-12-32)35-30(38)27-19-5-6-20(15-19)28(27)36-29(37)24-17-25(21(18-34)16-26(24)41-4)42-23-9-13-33(3,14-10-23)31(39)40/h16-17,19-20,22-23,27-28H,5-15H2,1-4H3,(H,35,38)(H,36,37)(H,39,40)/t19-,20+,23-,27+,28-,33+/m1/s1. The molecule has 0 aliphatic heterocycles. The van der Waals surface area contributed by atoms with Crippen LogP contribution in [0.3, 0.4) is 0 Å². The summed E-state index contributed by atoms with van der Waals surface area (Å²) in [7, 11) is 1.46. The van der Waals surface area contributed by atoms with Crippen LogP contribution in [0.2, 0.25) is 0 Å². The van der Waals surface area contributed by atoms with Gasteiger partial charge in [0, 0.05) is 18.2 Å². The van der Waals surface area contributed by atoms with E-state index in [-0.39, 0.29) is 70.4 Å². The van der Waals surface area contributed by atoms with Crippen molar-refractivity contribution in [2.45, 2.75) is 110 Å². The quantitative estimate of drug-likeness (QED) is 0.384. The van der Waals surface area contributed by atoms with Crippen LogP contribution in [-0.2, 0) is 9.59 Å². The molecule has 228 valence electrons. The summed E-state index contributed by atoms with van der Waals surface area (Å²) in [5.41, 5.74) is 0.0556. The van der Waals surface area contributed by atoms with Crippen molar-refractivity contribution >= 4 is 17.8 Å². The molecule has 4 atom stereocenters. The second-order valence-corrected chi connectivity index (χ2v) is 14.1. The van der Waals surface area contributed by atoms with Crippen LogP contribution >= 0.6 is 0 Å². The minimum Gasteiger partial charge on any atom is -0.496 e. The smallest absolute Gasteiger partial charge is 0.309 e. The van der Waals surface area contributed by atoms with Crippen molar-refractivity contribution in [2.75, 3.05) is 7.11 Å². The summed E-state index contributed by atoms with van der Waals surface area (Å²) in [6, 6.07) is 5.15. The average Bonchev–Trinajstić information content (AvgIpc) is 3.57. The number of ether oxygens (including phenoxy) is 2. The van der Waals surface area contributed by atoms with E-state index in [4.69, 9.17) is 9.47 Å². The zero-order valence-electron chi connectivity index (χ0n) is 25.3. The number of benzene rings is 1. The van der Waals surface area contributed by atoms with Gasteiger partial charge in [-0.25, -0.2) is 0 Å². The molecular weight excluding hydrogens is 534 g/mol. The molecule has 2 amide bonds. The molecule has 0 aromatic heterocycles. The highest BCUT2D eigenvalue weighted by atomic mass is 16.5. The number of amides is 2. The van der Waals surface area contributed by atoms with Crippen LogP contribution in [0.25, 0.3) is 0 Å². The number of carbonyl (C=O) groups excluding carboxylic acids is 2. The lowest BCUT2D eigenvalue weighted by atomic mass is 9.75. The van der Waals surface area contributed by atoms with Crippen molar-refractivity contribution in [3.05, 3.63) is 23.3 Å². The monoisotopic (exact) mass is 579 g/mol. The third-order valence-corrected chi connectivity index (χ3v) is 10.7. The third kappa shape index (κ3) is 6.09. The first-order valence-corrected chi connectivity index (χ1v) is 15.6. The molecule has 0 spiro atoms. The number of methoxy groups -OCH3 is 1. The summed E-state index contributed by atoms with van der Waals surface area (Å²) in [5.74, 6) is -0.277. The number of carboxylic acid groups (broad SMARTS) is 1. The molecule has 4 saturated carbocycles. The third-order valence-electron chi connectivity index (χ3n) is 10.7. The van der Waals surface area contributed by atoms with Gasteiger partial charge in [0.1, 0.15) is 17.6 Å². The van der Waals surface area contributed by atoms with Crippen molar-refractivity contribution < 1.29 is 29.0 Å². The van der Waals surface area contributed by atoms with Gasteiger partial charge in [0.15, 0.2) is 0 Å². The number of nitriles is 1. The Kier molecular flexibility index (Phi) is 8.46. The van der Waals surface area contributed by atoms with Crippen LogP contribution in [0.15, 0.2) is 12.1 Å². The Hall–Kier alpha value is -3.28. The Bertz CT molecular complexity index is 1250. The number of rotatable bonds is 8. The van der Waals surface area contributed by atoms with Gasteiger partial charge < -0.3 is 25.2 Å². The van der Waals surface area contributed by atoms with E-state index in [1.807, 2.05) is 0 Å². The number of fused-ring (bicyclic) bond motifs is 2. The molecule has 0 heterocycles. The number of aliphatic carboxylic acids is 1. The van der Waals surface area contributed by atoms with Crippen LogP contribution in [0.1, 0.15) is 107 Å². The lowest BCUT2D eigenvalue weighted by Crippen LogP contribution is -2.52. The predicted octanol–water partition coefficient (Wildman–Crippen LogP) is 5.21. The molecule has 4 aliphatic carbocycles. The Labute approximate surface area is 248 Å². The number of carboxylic acids is 1. The lowest BCUT2D eigenvalue weighted by Gasteiger charge is -2.37. The number of nitrogens with one attached hydrogen (secondary N) is 2. The average molecular weight is 580 g/mol. The van der Waals surface area contributed by atoms with Crippen molar-refractivity contribution in [2.24, 2.45) is 28.6 Å². The van der Waals surface area contributed by atoms with Crippen LogP contribution in [0.4, 0.5) is 0 Å². The van der Waals surface area contributed by atoms with Crippen LogP contribution < -0.4 is 20.1 Å². The van der Waals surface area contributed by atoms with E-state index in [0.29, 0.717) is 31.1 Å². The molecule has 2 bridgehead atoms. The van der Waals surface area contributed by atoms with Gasteiger partial charge in [0.05, 0.1) is 35.7 Å². The Morgan fingerprint density at radius 1 is 0.929 bits per heavy atom. The fourth-order valence-electron chi connectivity index (χ4n) is 7.78. The fourth-order valence-corrected chi connectivity index (χ4v) is 7.78. The molecule has 0 radical (unpaired) electrons. The topological polar surface area (TPSA) is 138 Å². The lowest BCUT2D eigenvalue weighted by molar-refractivity contribution is -0.150. The molecule has 4 fully saturated rings.